The predicted octanol–water partition coefficient (Wildman–Crippen LogP) is 2.48. The fourth-order valence-corrected chi connectivity index (χ4v) is 1.60. The van der Waals surface area contributed by atoms with Crippen LogP contribution in [0.4, 0.5) is 0 Å². The van der Waals surface area contributed by atoms with Crippen molar-refractivity contribution in [3.63, 3.8) is 0 Å². The molecule has 2 atom stereocenters. The van der Waals surface area contributed by atoms with Gasteiger partial charge >= 0.3 is 11.9 Å². The van der Waals surface area contributed by atoms with E-state index >= 15 is 0 Å². The van der Waals surface area contributed by atoms with Crippen LogP contribution in [0, 0.1) is 11.8 Å². The Balaban J connectivity index is 2.39. The van der Waals surface area contributed by atoms with E-state index in [4.69, 9.17) is 9.84 Å². The Morgan fingerprint density at radius 2 is 1.78 bits per heavy atom. The first kappa shape index (κ1) is 14.2. The summed E-state index contributed by atoms with van der Waals surface area (Å²) in [6, 6.07) is 9.39. The van der Waals surface area contributed by atoms with Gasteiger partial charge in [-0.25, -0.2) is 0 Å². The quantitative estimate of drug-likeness (QED) is 0.788. The third-order valence-corrected chi connectivity index (χ3v) is 2.75. The van der Waals surface area contributed by atoms with Crippen LogP contribution in [-0.2, 0) is 20.9 Å². The summed E-state index contributed by atoms with van der Waals surface area (Å²) in [4.78, 5) is 22.3. The molecule has 0 spiro atoms. The maximum Gasteiger partial charge on any atom is 0.309 e. The summed E-state index contributed by atoms with van der Waals surface area (Å²) >= 11 is 0. The average Bonchev–Trinajstić information content (AvgIpc) is 2.36. The summed E-state index contributed by atoms with van der Waals surface area (Å²) in [6.07, 6.45) is 0.295. The van der Waals surface area contributed by atoms with Gasteiger partial charge in [-0.15, -0.1) is 0 Å². The second-order valence-electron chi connectivity index (χ2n) is 4.47. The van der Waals surface area contributed by atoms with Crippen LogP contribution in [-0.4, -0.2) is 17.0 Å². The molecule has 0 heterocycles. The number of carboxylic acid groups (broad SMARTS) is 1. The zero-order chi connectivity index (χ0) is 13.5. The molecule has 4 heteroatoms. The number of hydrogen-bond donors (Lipinski definition) is 1. The predicted molar refractivity (Wildman–Crippen MR) is 66.8 cm³/mol. The van der Waals surface area contributed by atoms with E-state index in [0.717, 1.165) is 5.56 Å². The summed E-state index contributed by atoms with van der Waals surface area (Å²) in [6.45, 7) is 3.50. The molecule has 0 aliphatic carbocycles. The minimum Gasteiger partial charge on any atom is -0.481 e. The molecule has 0 saturated carbocycles. The summed E-state index contributed by atoms with van der Waals surface area (Å²) in [5.74, 6) is -2.19. The topological polar surface area (TPSA) is 63.6 Å². The monoisotopic (exact) mass is 250 g/mol. The second-order valence-corrected chi connectivity index (χ2v) is 4.47. The lowest BCUT2D eigenvalue weighted by atomic mass is 9.98. The van der Waals surface area contributed by atoms with Gasteiger partial charge in [-0.1, -0.05) is 44.2 Å². The number of carboxylic acids is 1. The molecule has 0 unspecified atom stereocenters. The molecule has 0 amide bonds. The van der Waals surface area contributed by atoms with Gasteiger partial charge in [-0.05, 0) is 12.0 Å². The van der Waals surface area contributed by atoms with Crippen molar-refractivity contribution in [1.82, 2.24) is 0 Å². The normalized spacial score (nSPS) is 13.7. The Kier molecular flexibility index (Phi) is 5.36. The molecule has 0 bridgehead atoms. The number of carbonyl (C=O) groups excluding carboxylic acids is 1. The van der Waals surface area contributed by atoms with Gasteiger partial charge < -0.3 is 9.84 Å². The molecule has 0 aromatic heterocycles. The molecular formula is C14H18O4. The van der Waals surface area contributed by atoms with E-state index in [-0.39, 0.29) is 12.6 Å². The van der Waals surface area contributed by atoms with Crippen LogP contribution in [0.5, 0.6) is 0 Å². The molecule has 0 fully saturated rings. The third kappa shape index (κ3) is 4.57. The molecular weight excluding hydrogens is 232 g/mol. The van der Waals surface area contributed by atoms with E-state index in [1.165, 1.54) is 0 Å². The van der Waals surface area contributed by atoms with Crippen LogP contribution >= 0.6 is 0 Å². The van der Waals surface area contributed by atoms with Gasteiger partial charge in [0.05, 0.1) is 11.8 Å². The van der Waals surface area contributed by atoms with Crippen LogP contribution < -0.4 is 0 Å². The van der Waals surface area contributed by atoms with Gasteiger partial charge in [0.15, 0.2) is 0 Å². The van der Waals surface area contributed by atoms with Crippen molar-refractivity contribution in [3.05, 3.63) is 35.9 Å². The number of carbonyl (C=O) groups is 2. The first-order valence-corrected chi connectivity index (χ1v) is 5.94. The largest absolute Gasteiger partial charge is 0.481 e. The first-order chi connectivity index (χ1) is 8.50. The van der Waals surface area contributed by atoms with Crippen molar-refractivity contribution < 1.29 is 19.4 Å². The van der Waals surface area contributed by atoms with Gasteiger partial charge in [-0.3, -0.25) is 9.59 Å². The molecule has 0 radical (unpaired) electrons. The standard InChI is InChI=1S/C14H18O4/c1-10(13(15)16)8-11(2)14(17)18-9-12-6-4-3-5-7-12/h3-7,10-11H,8-9H2,1-2H3,(H,15,16)/t10-,11+/m0/s1. The van der Waals surface area contributed by atoms with Crippen molar-refractivity contribution >= 4 is 11.9 Å². The number of aliphatic carboxylic acids is 1. The molecule has 18 heavy (non-hydrogen) atoms. The highest BCUT2D eigenvalue weighted by atomic mass is 16.5. The SMILES string of the molecule is C[C@H](C[C@H](C)C(=O)O)C(=O)OCc1ccccc1. The smallest absolute Gasteiger partial charge is 0.309 e. The number of benzene rings is 1. The molecule has 0 aliphatic rings. The maximum atomic E-state index is 11.7. The Labute approximate surface area is 107 Å². The molecule has 1 aromatic carbocycles. The molecule has 98 valence electrons. The number of rotatable bonds is 6. The highest BCUT2D eigenvalue weighted by molar-refractivity contribution is 5.74. The number of esters is 1. The van der Waals surface area contributed by atoms with Gasteiger partial charge in [0.2, 0.25) is 0 Å². The van der Waals surface area contributed by atoms with Crippen LogP contribution in [0.3, 0.4) is 0 Å². The lowest BCUT2D eigenvalue weighted by molar-refractivity contribution is -0.150. The lowest BCUT2D eigenvalue weighted by Crippen LogP contribution is -2.20. The zero-order valence-corrected chi connectivity index (χ0v) is 10.6. The van der Waals surface area contributed by atoms with E-state index < -0.39 is 17.8 Å². The summed E-state index contributed by atoms with van der Waals surface area (Å²) < 4.78 is 5.14. The van der Waals surface area contributed by atoms with E-state index in [1.54, 1.807) is 13.8 Å². The summed E-state index contributed by atoms with van der Waals surface area (Å²) in [7, 11) is 0. The van der Waals surface area contributed by atoms with E-state index in [0.29, 0.717) is 6.42 Å². The van der Waals surface area contributed by atoms with Crippen molar-refractivity contribution in [2.24, 2.45) is 11.8 Å². The van der Waals surface area contributed by atoms with Crippen LogP contribution in [0.15, 0.2) is 30.3 Å². The van der Waals surface area contributed by atoms with Crippen molar-refractivity contribution in [3.8, 4) is 0 Å². The number of ether oxygens (including phenoxy) is 1. The van der Waals surface area contributed by atoms with Crippen molar-refractivity contribution in [2.75, 3.05) is 0 Å². The van der Waals surface area contributed by atoms with Gasteiger partial charge in [0, 0.05) is 0 Å². The third-order valence-electron chi connectivity index (χ3n) is 2.75. The molecule has 1 N–H and O–H groups in total. The summed E-state index contributed by atoms with van der Waals surface area (Å²) in [5, 5.41) is 8.77. The van der Waals surface area contributed by atoms with E-state index in [9.17, 15) is 9.59 Å². The minimum absolute atomic E-state index is 0.228. The molecule has 1 rings (SSSR count). The Bertz CT molecular complexity index is 400. The van der Waals surface area contributed by atoms with E-state index in [1.807, 2.05) is 30.3 Å². The van der Waals surface area contributed by atoms with Gasteiger partial charge in [-0.2, -0.15) is 0 Å². The number of hydrogen-bond acceptors (Lipinski definition) is 3. The maximum absolute atomic E-state index is 11.7. The van der Waals surface area contributed by atoms with Crippen molar-refractivity contribution in [1.29, 1.82) is 0 Å². The van der Waals surface area contributed by atoms with Crippen LogP contribution in [0.25, 0.3) is 0 Å². The molecule has 0 aliphatic heterocycles. The van der Waals surface area contributed by atoms with Crippen LogP contribution in [0.1, 0.15) is 25.8 Å². The molecule has 4 nitrogen and oxygen atoms in total. The van der Waals surface area contributed by atoms with Gasteiger partial charge in [0.1, 0.15) is 6.61 Å². The first-order valence-electron chi connectivity index (χ1n) is 5.94. The Morgan fingerprint density at radius 1 is 1.17 bits per heavy atom. The fraction of sp³-hybridized carbons (Fsp3) is 0.429. The minimum atomic E-state index is -0.891. The summed E-state index contributed by atoms with van der Waals surface area (Å²) in [5.41, 5.74) is 0.921. The highest BCUT2D eigenvalue weighted by Crippen LogP contribution is 2.14. The van der Waals surface area contributed by atoms with Crippen LogP contribution in [0.2, 0.25) is 0 Å². The van der Waals surface area contributed by atoms with Crippen molar-refractivity contribution in [2.45, 2.75) is 26.9 Å². The van der Waals surface area contributed by atoms with E-state index in [2.05, 4.69) is 0 Å². The second kappa shape index (κ2) is 6.79. The Morgan fingerprint density at radius 3 is 2.33 bits per heavy atom. The average molecular weight is 250 g/mol. The lowest BCUT2D eigenvalue weighted by Gasteiger charge is -2.13. The van der Waals surface area contributed by atoms with Gasteiger partial charge in [0.25, 0.3) is 0 Å². The fourth-order valence-electron chi connectivity index (χ4n) is 1.60. The highest BCUT2D eigenvalue weighted by Gasteiger charge is 2.21. The Hall–Kier alpha value is -1.84. The zero-order valence-electron chi connectivity index (χ0n) is 10.6. The molecule has 1 aromatic rings. The molecule has 0 saturated heterocycles.